The lowest BCUT2D eigenvalue weighted by molar-refractivity contribution is -0.119. The second-order valence-electron chi connectivity index (χ2n) is 7.24. The quantitative estimate of drug-likeness (QED) is 0.848. The van der Waals surface area contributed by atoms with Gasteiger partial charge in [0.15, 0.2) is 5.66 Å². The molecule has 2 saturated carbocycles. The van der Waals surface area contributed by atoms with Gasteiger partial charge in [-0.15, -0.1) is 11.3 Å². The van der Waals surface area contributed by atoms with Crippen LogP contribution >= 0.6 is 23.1 Å². The Balaban J connectivity index is 1.45. The molecule has 1 aromatic rings. The summed E-state index contributed by atoms with van der Waals surface area (Å²) in [6, 6.07) is 4.55. The highest BCUT2D eigenvalue weighted by Crippen LogP contribution is 2.39. The summed E-state index contributed by atoms with van der Waals surface area (Å²) in [6.07, 6.45) is 10.5. The maximum atomic E-state index is 12.3. The Hall–Kier alpha value is -1.14. The maximum absolute atomic E-state index is 12.3. The van der Waals surface area contributed by atoms with Gasteiger partial charge in [0.25, 0.3) is 0 Å². The smallest absolute Gasteiger partial charge is 0.230 e. The van der Waals surface area contributed by atoms with Gasteiger partial charge in [-0.05, 0) is 50.0 Å². The summed E-state index contributed by atoms with van der Waals surface area (Å²) in [7, 11) is 0. The normalized spacial score (nSPS) is 22.9. The number of hydrogen-bond acceptors (Lipinski definition) is 5. The van der Waals surface area contributed by atoms with Gasteiger partial charge in [0, 0.05) is 6.04 Å². The molecule has 134 valence electrons. The van der Waals surface area contributed by atoms with Crippen LogP contribution in [0.1, 0.15) is 62.7 Å². The van der Waals surface area contributed by atoms with Crippen LogP contribution in [0.2, 0.25) is 0 Å². The lowest BCUT2D eigenvalue weighted by Gasteiger charge is -2.27. The molecular formula is C19H25N3OS2. The van der Waals surface area contributed by atoms with Crippen molar-refractivity contribution < 1.29 is 4.79 Å². The Morgan fingerprint density at radius 1 is 1.20 bits per heavy atom. The standard InChI is InChI=1S/C19H25N3OS2/c23-16(20-14-7-2-3-8-14)13-25-18-17(15-9-6-12-24-15)21-19(22-18)10-4-1-5-11-19/h6,9,12,14H,1-5,7-8,10-11,13H2,(H,20,23). The Bertz CT molecular complexity index is 669. The summed E-state index contributed by atoms with van der Waals surface area (Å²) >= 11 is 3.27. The van der Waals surface area contributed by atoms with Crippen LogP contribution in [0.25, 0.3) is 0 Å². The largest absolute Gasteiger partial charge is 0.353 e. The van der Waals surface area contributed by atoms with E-state index < -0.39 is 0 Å². The molecule has 1 aliphatic heterocycles. The fourth-order valence-electron chi connectivity index (χ4n) is 4.01. The molecule has 0 saturated heterocycles. The van der Waals surface area contributed by atoms with Gasteiger partial charge in [-0.1, -0.05) is 37.1 Å². The zero-order valence-corrected chi connectivity index (χ0v) is 16.1. The molecule has 6 heteroatoms. The van der Waals surface area contributed by atoms with Crippen LogP contribution in [0.4, 0.5) is 0 Å². The monoisotopic (exact) mass is 375 g/mol. The van der Waals surface area contributed by atoms with Crippen molar-refractivity contribution in [3.63, 3.8) is 0 Å². The molecule has 25 heavy (non-hydrogen) atoms. The predicted molar refractivity (Wildman–Crippen MR) is 107 cm³/mol. The summed E-state index contributed by atoms with van der Waals surface area (Å²) < 4.78 is 0. The van der Waals surface area contributed by atoms with E-state index in [1.165, 1.54) is 37.0 Å². The van der Waals surface area contributed by atoms with E-state index in [0.29, 0.717) is 11.8 Å². The van der Waals surface area contributed by atoms with E-state index in [9.17, 15) is 4.79 Å². The van der Waals surface area contributed by atoms with Crippen molar-refractivity contribution in [2.24, 2.45) is 9.98 Å². The van der Waals surface area contributed by atoms with Gasteiger partial charge >= 0.3 is 0 Å². The lowest BCUT2D eigenvalue weighted by atomic mass is 9.90. The molecule has 2 aliphatic carbocycles. The van der Waals surface area contributed by atoms with Crippen molar-refractivity contribution in [2.45, 2.75) is 69.5 Å². The molecule has 2 fully saturated rings. The van der Waals surface area contributed by atoms with E-state index in [2.05, 4.69) is 22.8 Å². The maximum Gasteiger partial charge on any atom is 0.230 e. The highest BCUT2D eigenvalue weighted by atomic mass is 32.2. The highest BCUT2D eigenvalue weighted by molar-refractivity contribution is 8.16. The zero-order chi connectivity index (χ0) is 17.1. The molecule has 1 amide bonds. The first kappa shape index (κ1) is 17.3. The van der Waals surface area contributed by atoms with E-state index >= 15 is 0 Å². The van der Waals surface area contributed by atoms with Crippen molar-refractivity contribution in [3.05, 3.63) is 22.4 Å². The van der Waals surface area contributed by atoms with Crippen molar-refractivity contribution >= 4 is 39.8 Å². The topological polar surface area (TPSA) is 53.8 Å². The van der Waals surface area contributed by atoms with Crippen LogP contribution in [0.5, 0.6) is 0 Å². The fourth-order valence-corrected chi connectivity index (χ4v) is 5.67. The molecule has 0 bridgehead atoms. The molecule has 0 aromatic carbocycles. The Morgan fingerprint density at radius 3 is 2.72 bits per heavy atom. The van der Waals surface area contributed by atoms with Gasteiger partial charge in [0.1, 0.15) is 10.8 Å². The third-order valence-electron chi connectivity index (χ3n) is 5.30. The number of carbonyl (C=O) groups excluding carboxylic acids is 1. The number of nitrogens with one attached hydrogen (secondary N) is 1. The van der Waals surface area contributed by atoms with Crippen LogP contribution in [0.15, 0.2) is 27.5 Å². The summed E-state index contributed by atoms with van der Waals surface area (Å²) in [4.78, 5) is 23.5. The Kier molecular flexibility index (Phi) is 5.27. The minimum Gasteiger partial charge on any atom is -0.353 e. The van der Waals surface area contributed by atoms with Gasteiger partial charge in [-0.2, -0.15) is 0 Å². The van der Waals surface area contributed by atoms with E-state index in [1.54, 1.807) is 23.1 Å². The third-order valence-corrected chi connectivity index (χ3v) is 7.14. The molecule has 1 N–H and O–H groups in total. The summed E-state index contributed by atoms with van der Waals surface area (Å²) in [5, 5.41) is 6.22. The number of nitrogens with zero attached hydrogens (tertiary/aromatic N) is 2. The second kappa shape index (κ2) is 7.62. The van der Waals surface area contributed by atoms with Crippen molar-refractivity contribution in [3.8, 4) is 0 Å². The average Bonchev–Trinajstić information content (AvgIpc) is 3.35. The van der Waals surface area contributed by atoms with Crippen molar-refractivity contribution in [2.75, 3.05) is 5.75 Å². The van der Waals surface area contributed by atoms with Gasteiger partial charge in [0.2, 0.25) is 5.91 Å². The number of thioether (sulfide) groups is 1. The summed E-state index contributed by atoms with van der Waals surface area (Å²) in [6.45, 7) is 0. The minimum absolute atomic E-state index is 0.134. The number of hydrogen-bond donors (Lipinski definition) is 1. The first-order chi connectivity index (χ1) is 12.2. The summed E-state index contributed by atoms with van der Waals surface area (Å²) in [5.41, 5.74) is 0.762. The Labute approximate surface area is 157 Å². The van der Waals surface area contributed by atoms with Gasteiger partial charge in [-0.25, -0.2) is 4.99 Å². The van der Waals surface area contributed by atoms with Gasteiger partial charge < -0.3 is 5.32 Å². The Morgan fingerprint density at radius 2 is 2.00 bits per heavy atom. The van der Waals surface area contributed by atoms with Crippen LogP contribution in [0.3, 0.4) is 0 Å². The molecule has 3 aliphatic rings. The SMILES string of the molecule is O=C(CSC1=NC2(CCCCC2)N=C1c1cccs1)NC1CCCC1. The average molecular weight is 376 g/mol. The number of amides is 1. The number of thiophene rings is 1. The predicted octanol–water partition coefficient (Wildman–Crippen LogP) is 4.40. The zero-order valence-electron chi connectivity index (χ0n) is 14.5. The lowest BCUT2D eigenvalue weighted by Crippen LogP contribution is -2.34. The van der Waals surface area contributed by atoms with Crippen molar-refractivity contribution in [1.29, 1.82) is 0 Å². The number of rotatable bonds is 4. The molecule has 4 nitrogen and oxygen atoms in total. The van der Waals surface area contributed by atoms with Crippen LogP contribution in [-0.4, -0.2) is 34.1 Å². The molecule has 1 spiro atoms. The number of carbonyl (C=O) groups is 1. The van der Waals surface area contributed by atoms with Crippen LogP contribution < -0.4 is 5.32 Å². The van der Waals surface area contributed by atoms with Gasteiger partial charge in [-0.3, -0.25) is 9.79 Å². The first-order valence-corrected chi connectivity index (χ1v) is 11.3. The second-order valence-corrected chi connectivity index (χ2v) is 9.15. The van der Waals surface area contributed by atoms with Crippen LogP contribution in [0, 0.1) is 0 Å². The van der Waals surface area contributed by atoms with E-state index in [0.717, 1.165) is 36.4 Å². The molecule has 0 atom stereocenters. The van der Waals surface area contributed by atoms with Crippen LogP contribution in [-0.2, 0) is 4.79 Å². The molecule has 0 unspecified atom stereocenters. The third kappa shape index (κ3) is 4.00. The molecule has 4 rings (SSSR count). The first-order valence-electron chi connectivity index (χ1n) is 9.40. The highest BCUT2D eigenvalue weighted by Gasteiger charge is 2.38. The van der Waals surface area contributed by atoms with E-state index in [1.807, 2.05) is 0 Å². The fraction of sp³-hybridized carbons (Fsp3) is 0.632. The van der Waals surface area contributed by atoms with E-state index in [-0.39, 0.29) is 11.6 Å². The molecular weight excluding hydrogens is 350 g/mol. The van der Waals surface area contributed by atoms with Crippen molar-refractivity contribution in [1.82, 2.24) is 5.32 Å². The van der Waals surface area contributed by atoms with E-state index in [4.69, 9.17) is 9.98 Å². The number of aliphatic imine (C=N–C) groups is 2. The minimum atomic E-state index is -0.248. The van der Waals surface area contributed by atoms with Gasteiger partial charge in [0.05, 0.1) is 10.6 Å². The molecule has 2 heterocycles. The molecule has 1 aromatic heterocycles. The molecule has 0 radical (unpaired) electrons. The summed E-state index contributed by atoms with van der Waals surface area (Å²) in [5.74, 6) is 0.574.